The molecule has 0 aromatic heterocycles. The average molecular weight is 379 g/mol. The van der Waals surface area contributed by atoms with E-state index in [0.29, 0.717) is 38.3 Å². The Morgan fingerprint density at radius 1 is 1.26 bits per heavy atom. The van der Waals surface area contributed by atoms with Crippen LogP contribution in [0.15, 0.2) is 12.1 Å². The fourth-order valence-corrected chi connectivity index (χ4v) is 3.36. The van der Waals surface area contributed by atoms with E-state index in [1.807, 2.05) is 20.8 Å². The summed E-state index contributed by atoms with van der Waals surface area (Å²) in [5.41, 5.74) is -0.762. The number of halogens is 2. The summed E-state index contributed by atoms with van der Waals surface area (Å²) in [7, 11) is 0. The van der Waals surface area contributed by atoms with Gasteiger partial charge in [0.2, 0.25) is 0 Å². The van der Waals surface area contributed by atoms with Crippen molar-refractivity contribution in [1.29, 1.82) is 5.26 Å². The number of hydrogen-bond acceptors (Lipinski definition) is 5. The number of morpholine rings is 1. The van der Waals surface area contributed by atoms with Gasteiger partial charge in [-0.25, -0.2) is 13.6 Å². The van der Waals surface area contributed by atoms with E-state index in [2.05, 4.69) is 4.90 Å². The zero-order valence-electron chi connectivity index (χ0n) is 15.7. The van der Waals surface area contributed by atoms with Crippen molar-refractivity contribution in [3.05, 3.63) is 34.9 Å². The lowest BCUT2D eigenvalue weighted by Crippen LogP contribution is -2.60. The van der Waals surface area contributed by atoms with Crippen LogP contribution in [0.1, 0.15) is 38.0 Å². The van der Waals surface area contributed by atoms with E-state index in [0.717, 1.165) is 12.1 Å². The maximum atomic E-state index is 13.9. The Morgan fingerprint density at radius 2 is 1.93 bits per heavy atom. The van der Waals surface area contributed by atoms with Gasteiger partial charge < -0.3 is 14.4 Å². The summed E-state index contributed by atoms with van der Waals surface area (Å²) < 4.78 is 39.0. The molecule has 3 rings (SSSR count). The molecule has 1 aromatic carbocycles. The molecule has 0 radical (unpaired) electrons. The maximum Gasteiger partial charge on any atom is 0.410 e. The van der Waals surface area contributed by atoms with Gasteiger partial charge in [0.1, 0.15) is 28.9 Å². The standard InChI is InChI=1S/C19H23F2N3O3/c1-19(2,3)27-18(25)24-5-4-23-10-17(26-11-13(23)9-24)12-6-15(20)14(8-22)16(21)7-12/h6-7,13,17H,4-5,9-11H2,1-3H3/t13-,17+/m1/s1. The number of amides is 1. The van der Waals surface area contributed by atoms with Gasteiger partial charge in [0.15, 0.2) is 0 Å². The lowest BCUT2D eigenvalue weighted by atomic mass is 10.0. The third-order valence-electron chi connectivity index (χ3n) is 4.69. The van der Waals surface area contributed by atoms with Crippen molar-refractivity contribution >= 4 is 6.09 Å². The van der Waals surface area contributed by atoms with Crippen LogP contribution in [0.4, 0.5) is 13.6 Å². The van der Waals surface area contributed by atoms with E-state index in [4.69, 9.17) is 14.7 Å². The minimum absolute atomic E-state index is 0.00981. The van der Waals surface area contributed by atoms with E-state index in [-0.39, 0.29) is 12.1 Å². The normalized spacial score (nSPS) is 23.5. The van der Waals surface area contributed by atoms with Crippen molar-refractivity contribution in [3.63, 3.8) is 0 Å². The van der Waals surface area contributed by atoms with Gasteiger partial charge in [0, 0.05) is 26.2 Å². The van der Waals surface area contributed by atoms with Crippen molar-refractivity contribution in [2.24, 2.45) is 0 Å². The molecule has 27 heavy (non-hydrogen) atoms. The summed E-state index contributed by atoms with van der Waals surface area (Å²) in [6.45, 7) is 7.92. The lowest BCUT2D eigenvalue weighted by Gasteiger charge is -2.46. The fraction of sp³-hybridized carbons (Fsp3) is 0.579. The first-order valence-electron chi connectivity index (χ1n) is 8.90. The van der Waals surface area contributed by atoms with Gasteiger partial charge in [-0.2, -0.15) is 5.26 Å². The first-order chi connectivity index (χ1) is 12.7. The number of nitriles is 1. The predicted octanol–water partition coefficient (Wildman–Crippen LogP) is 2.83. The quantitative estimate of drug-likeness (QED) is 0.751. The Morgan fingerprint density at radius 3 is 2.52 bits per heavy atom. The number of hydrogen-bond donors (Lipinski definition) is 0. The number of rotatable bonds is 1. The third-order valence-corrected chi connectivity index (χ3v) is 4.69. The molecule has 1 aromatic rings. The molecule has 0 spiro atoms. The van der Waals surface area contributed by atoms with Crippen molar-refractivity contribution in [1.82, 2.24) is 9.80 Å². The Kier molecular flexibility index (Phi) is 5.36. The molecule has 0 aliphatic carbocycles. The van der Waals surface area contributed by atoms with Gasteiger partial charge in [-0.3, -0.25) is 4.90 Å². The van der Waals surface area contributed by atoms with Crippen LogP contribution in [-0.4, -0.2) is 60.3 Å². The first-order valence-corrected chi connectivity index (χ1v) is 8.90. The van der Waals surface area contributed by atoms with Gasteiger partial charge in [-0.1, -0.05) is 0 Å². The molecule has 2 atom stereocenters. The van der Waals surface area contributed by atoms with E-state index >= 15 is 0 Å². The van der Waals surface area contributed by atoms with E-state index in [1.165, 1.54) is 6.07 Å². The second-order valence-corrected chi connectivity index (χ2v) is 7.87. The molecule has 1 amide bonds. The smallest absolute Gasteiger partial charge is 0.410 e. The van der Waals surface area contributed by atoms with Crippen LogP contribution in [0.3, 0.4) is 0 Å². The molecule has 2 heterocycles. The monoisotopic (exact) mass is 379 g/mol. The van der Waals surface area contributed by atoms with Crippen LogP contribution in [-0.2, 0) is 9.47 Å². The Balaban J connectivity index is 1.65. The van der Waals surface area contributed by atoms with Crippen LogP contribution < -0.4 is 0 Å². The number of ether oxygens (including phenoxy) is 2. The highest BCUT2D eigenvalue weighted by molar-refractivity contribution is 5.68. The molecule has 6 nitrogen and oxygen atoms in total. The third kappa shape index (κ3) is 4.37. The van der Waals surface area contributed by atoms with Crippen LogP contribution in [0, 0.1) is 23.0 Å². The lowest BCUT2D eigenvalue weighted by molar-refractivity contribution is -0.0907. The van der Waals surface area contributed by atoms with Gasteiger partial charge in [0.05, 0.1) is 18.8 Å². The molecule has 0 bridgehead atoms. The minimum atomic E-state index is -0.882. The molecule has 8 heteroatoms. The fourth-order valence-electron chi connectivity index (χ4n) is 3.36. The molecule has 0 unspecified atom stereocenters. The molecule has 2 fully saturated rings. The molecular formula is C19H23F2N3O3. The van der Waals surface area contributed by atoms with Crippen molar-refractivity contribution < 1.29 is 23.0 Å². The summed E-state index contributed by atoms with van der Waals surface area (Å²) in [6, 6.07) is 3.84. The molecule has 2 aliphatic rings. The van der Waals surface area contributed by atoms with Crippen LogP contribution in [0.25, 0.3) is 0 Å². The second kappa shape index (κ2) is 7.41. The number of fused-ring (bicyclic) bond motifs is 1. The number of carbonyl (C=O) groups is 1. The highest BCUT2D eigenvalue weighted by atomic mass is 19.1. The number of benzene rings is 1. The summed E-state index contributed by atoms with van der Waals surface area (Å²) >= 11 is 0. The Bertz CT molecular complexity index is 749. The van der Waals surface area contributed by atoms with Crippen molar-refractivity contribution in [3.8, 4) is 6.07 Å². The summed E-state index contributed by atoms with van der Waals surface area (Å²) in [6.07, 6.45) is -0.827. The maximum absolute atomic E-state index is 13.9. The van der Waals surface area contributed by atoms with Crippen LogP contribution in [0.5, 0.6) is 0 Å². The summed E-state index contributed by atoms with van der Waals surface area (Å²) in [5, 5.41) is 8.78. The zero-order chi connectivity index (χ0) is 19.8. The highest BCUT2D eigenvalue weighted by Gasteiger charge is 2.37. The average Bonchev–Trinajstić information content (AvgIpc) is 2.59. The SMILES string of the molecule is CC(C)(C)OC(=O)N1CCN2C[C@@H](c3cc(F)c(C#N)c(F)c3)OC[C@H]2C1. The molecule has 146 valence electrons. The largest absolute Gasteiger partial charge is 0.444 e. The molecule has 2 saturated heterocycles. The number of nitrogens with zero attached hydrogens (tertiary/aromatic N) is 3. The minimum Gasteiger partial charge on any atom is -0.444 e. The number of piperazine rings is 1. The summed E-state index contributed by atoms with van der Waals surface area (Å²) in [4.78, 5) is 16.1. The number of carbonyl (C=O) groups excluding carboxylic acids is 1. The molecule has 0 saturated carbocycles. The van der Waals surface area contributed by atoms with E-state index in [1.54, 1.807) is 4.90 Å². The first kappa shape index (κ1) is 19.5. The Hall–Kier alpha value is -2.24. The van der Waals surface area contributed by atoms with Crippen LogP contribution >= 0.6 is 0 Å². The van der Waals surface area contributed by atoms with Gasteiger partial charge in [0.25, 0.3) is 0 Å². The predicted molar refractivity (Wildman–Crippen MR) is 92.9 cm³/mol. The van der Waals surface area contributed by atoms with Gasteiger partial charge in [-0.05, 0) is 38.5 Å². The zero-order valence-corrected chi connectivity index (χ0v) is 15.7. The van der Waals surface area contributed by atoms with Gasteiger partial charge >= 0.3 is 6.09 Å². The Labute approximate surface area is 157 Å². The van der Waals surface area contributed by atoms with Crippen molar-refractivity contribution in [2.75, 3.05) is 32.8 Å². The second-order valence-electron chi connectivity index (χ2n) is 7.87. The summed E-state index contributed by atoms with van der Waals surface area (Å²) in [5.74, 6) is -1.76. The van der Waals surface area contributed by atoms with Crippen molar-refractivity contribution in [2.45, 2.75) is 38.5 Å². The highest BCUT2D eigenvalue weighted by Crippen LogP contribution is 2.29. The molecular weight excluding hydrogens is 356 g/mol. The topological polar surface area (TPSA) is 65.8 Å². The molecule has 0 N–H and O–H groups in total. The van der Waals surface area contributed by atoms with Gasteiger partial charge in [-0.15, -0.1) is 0 Å². The van der Waals surface area contributed by atoms with Crippen LogP contribution in [0.2, 0.25) is 0 Å². The molecule has 2 aliphatic heterocycles. The van der Waals surface area contributed by atoms with E-state index < -0.39 is 28.9 Å². The van der Waals surface area contributed by atoms with E-state index in [9.17, 15) is 13.6 Å².